The van der Waals surface area contributed by atoms with Gasteiger partial charge in [0, 0.05) is 23.3 Å². The highest BCUT2D eigenvalue weighted by atomic mass is 35.5. The minimum atomic E-state index is -0.634. The quantitative estimate of drug-likeness (QED) is 0.681. The van der Waals surface area contributed by atoms with E-state index in [4.69, 9.17) is 11.5 Å². The molecule has 110 valence electrons. The average Bonchev–Trinajstić information content (AvgIpc) is 2.75. The summed E-state index contributed by atoms with van der Waals surface area (Å²) in [6.07, 6.45) is 2.44. The van der Waals surface area contributed by atoms with Crippen LogP contribution in [0.25, 0.3) is 0 Å². The molecule has 0 bridgehead atoms. The lowest BCUT2D eigenvalue weighted by atomic mass is 10.1. The third kappa shape index (κ3) is 4.40. The Morgan fingerprint density at radius 3 is 2.35 bits per heavy atom. The molecule has 0 radical (unpaired) electrons. The van der Waals surface area contributed by atoms with Crippen LogP contribution in [-0.4, -0.2) is 18.0 Å². The number of benzene rings is 1. The molecule has 6 nitrogen and oxygen atoms in total. The van der Waals surface area contributed by atoms with E-state index in [1.165, 1.54) is 0 Å². The summed E-state index contributed by atoms with van der Waals surface area (Å²) in [5, 5.41) is 5.29. The highest BCUT2D eigenvalue weighted by Crippen LogP contribution is 2.26. The van der Waals surface area contributed by atoms with Gasteiger partial charge in [-0.3, -0.25) is 4.79 Å². The fourth-order valence-corrected chi connectivity index (χ4v) is 2.32. The minimum absolute atomic E-state index is 0. The van der Waals surface area contributed by atoms with Gasteiger partial charge in [-0.15, -0.1) is 12.4 Å². The topological polar surface area (TPSA) is 110 Å². The van der Waals surface area contributed by atoms with E-state index in [9.17, 15) is 9.59 Å². The Bertz CT molecular complexity index is 495. The number of carbonyl (C=O) groups excluding carboxylic acids is 2. The van der Waals surface area contributed by atoms with Crippen molar-refractivity contribution < 1.29 is 9.59 Å². The summed E-state index contributed by atoms with van der Waals surface area (Å²) in [6.45, 7) is 0. The van der Waals surface area contributed by atoms with Gasteiger partial charge in [0.15, 0.2) is 0 Å². The fraction of sp³-hybridized carbons (Fsp3) is 0.385. The second-order valence-corrected chi connectivity index (χ2v) is 4.83. The molecule has 1 aromatic carbocycles. The van der Waals surface area contributed by atoms with E-state index in [2.05, 4.69) is 10.6 Å². The highest BCUT2D eigenvalue weighted by molar-refractivity contribution is 5.94. The Labute approximate surface area is 123 Å². The molecule has 2 rings (SSSR count). The predicted octanol–water partition coefficient (Wildman–Crippen LogP) is 1.66. The van der Waals surface area contributed by atoms with Crippen molar-refractivity contribution in [3.8, 4) is 0 Å². The van der Waals surface area contributed by atoms with E-state index >= 15 is 0 Å². The zero-order valence-corrected chi connectivity index (χ0v) is 11.8. The smallest absolute Gasteiger partial charge is 0.316 e. The summed E-state index contributed by atoms with van der Waals surface area (Å²) in [4.78, 5) is 22.8. The van der Waals surface area contributed by atoms with Crippen molar-refractivity contribution in [2.45, 2.75) is 25.3 Å². The number of anilines is 2. The molecule has 1 aliphatic rings. The molecule has 0 saturated heterocycles. The SMILES string of the molecule is Cl.NC(=O)Nc1cccc(NC(=O)C2CCC(N)C2)c1. The van der Waals surface area contributed by atoms with Gasteiger partial charge in [-0.05, 0) is 37.5 Å². The number of primary amides is 1. The standard InChI is InChI=1S/C13H18N4O2.ClH/c14-9-5-4-8(6-9)12(18)16-10-2-1-3-11(7-10)17-13(15)19;/h1-3,7-9H,4-6,14H2,(H,16,18)(H3,15,17,19);1H. The summed E-state index contributed by atoms with van der Waals surface area (Å²) in [6, 6.07) is 6.35. The number of urea groups is 1. The van der Waals surface area contributed by atoms with Gasteiger partial charge in [0.05, 0.1) is 0 Å². The minimum Gasteiger partial charge on any atom is -0.351 e. The van der Waals surface area contributed by atoms with Gasteiger partial charge in [0.25, 0.3) is 0 Å². The Morgan fingerprint density at radius 2 is 1.80 bits per heavy atom. The maximum atomic E-state index is 12.0. The molecule has 20 heavy (non-hydrogen) atoms. The first kappa shape index (κ1) is 16.3. The zero-order valence-electron chi connectivity index (χ0n) is 11.0. The van der Waals surface area contributed by atoms with E-state index in [0.29, 0.717) is 11.4 Å². The second kappa shape index (κ2) is 7.12. The van der Waals surface area contributed by atoms with Crippen molar-refractivity contribution in [2.24, 2.45) is 17.4 Å². The number of hydrogen-bond donors (Lipinski definition) is 4. The van der Waals surface area contributed by atoms with Crippen LogP contribution in [0.2, 0.25) is 0 Å². The maximum absolute atomic E-state index is 12.0. The normalized spacial score (nSPS) is 20.9. The summed E-state index contributed by atoms with van der Waals surface area (Å²) < 4.78 is 0. The lowest BCUT2D eigenvalue weighted by Crippen LogP contribution is -2.23. The Kier molecular flexibility index (Phi) is 5.79. The first-order valence-corrected chi connectivity index (χ1v) is 6.27. The first-order chi connectivity index (χ1) is 9.04. The molecule has 7 heteroatoms. The van der Waals surface area contributed by atoms with Crippen LogP contribution >= 0.6 is 12.4 Å². The molecular formula is C13H19ClN4O2. The maximum Gasteiger partial charge on any atom is 0.316 e. The van der Waals surface area contributed by atoms with Crippen LogP contribution in [0, 0.1) is 5.92 Å². The van der Waals surface area contributed by atoms with Crippen LogP contribution in [0.15, 0.2) is 24.3 Å². The molecule has 1 aliphatic carbocycles. The number of carbonyl (C=O) groups is 2. The van der Waals surface area contributed by atoms with Crippen molar-refractivity contribution >= 4 is 35.7 Å². The van der Waals surface area contributed by atoms with Gasteiger partial charge in [-0.1, -0.05) is 6.07 Å². The summed E-state index contributed by atoms with van der Waals surface area (Å²) in [5.41, 5.74) is 12.0. The van der Waals surface area contributed by atoms with Crippen molar-refractivity contribution in [1.29, 1.82) is 0 Å². The number of rotatable bonds is 3. The van der Waals surface area contributed by atoms with E-state index < -0.39 is 6.03 Å². The Hall–Kier alpha value is -1.79. The van der Waals surface area contributed by atoms with Crippen LogP contribution in [0.4, 0.5) is 16.2 Å². The number of amides is 3. The van der Waals surface area contributed by atoms with Gasteiger partial charge in [0.1, 0.15) is 0 Å². The molecule has 1 saturated carbocycles. The Morgan fingerprint density at radius 1 is 1.15 bits per heavy atom. The predicted molar refractivity (Wildman–Crippen MR) is 80.8 cm³/mol. The van der Waals surface area contributed by atoms with Crippen molar-refractivity contribution in [3.63, 3.8) is 0 Å². The molecule has 2 atom stereocenters. The molecule has 2 unspecified atom stereocenters. The summed E-state index contributed by atoms with van der Waals surface area (Å²) in [7, 11) is 0. The van der Waals surface area contributed by atoms with Gasteiger partial charge >= 0.3 is 6.03 Å². The first-order valence-electron chi connectivity index (χ1n) is 6.27. The largest absolute Gasteiger partial charge is 0.351 e. The highest BCUT2D eigenvalue weighted by Gasteiger charge is 2.27. The number of hydrogen-bond acceptors (Lipinski definition) is 3. The molecule has 0 heterocycles. The van der Waals surface area contributed by atoms with E-state index in [1.807, 2.05) is 0 Å². The lowest BCUT2D eigenvalue weighted by molar-refractivity contribution is -0.119. The van der Waals surface area contributed by atoms with Gasteiger partial charge in [-0.25, -0.2) is 4.79 Å². The number of nitrogens with one attached hydrogen (secondary N) is 2. The van der Waals surface area contributed by atoms with E-state index in [0.717, 1.165) is 19.3 Å². The van der Waals surface area contributed by atoms with Gasteiger partial charge < -0.3 is 22.1 Å². The Balaban J connectivity index is 0.00000200. The van der Waals surface area contributed by atoms with Gasteiger partial charge in [-0.2, -0.15) is 0 Å². The van der Waals surface area contributed by atoms with Crippen molar-refractivity contribution in [3.05, 3.63) is 24.3 Å². The molecular weight excluding hydrogens is 280 g/mol. The van der Waals surface area contributed by atoms with Crippen LogP contribution in [-0.2, 0) is 4.79 Å². The van der Waals surface area contributed by atoms with Crippen LogP contribution < -0.4 is 22.1 Å². The van der Waals surface area contributed by atoms with Gasteiger partial charge in [0.2, 0.25) is 5.91 Å². The summed E-state index contributed by atoms with van der Waals surface area (Å²) >= 11 is 0. The molecule has 6 N–H and O–H groups in total. The summed E-state index contributed by atoms with van der Waals surface area (Å²) in [5.74, 6) is -0.0491. The molecule has 0 aliphatic heterocycles. The monoisotopic (exact) mass is 298 g/mol. The van der Waals surface area contributed by atoms with Crippen LogP contribution in [0.1, 0.15) is 19.3 Å². The second-order valence-electron chi connectivity index (χ2n) is 4.83. The molecule has 3 amide bonds. The number of halogens is 1. The molecule has 0 aromatic heterocycles. The third-order valence-electron chi connectivity index (χ3n) is 3.24. The van der Waals surface area contributed by atoms with Crippen LogP contribution in [0.3, 0.4) is 0 Å². The molecule has 0 spiro atoms. The number of nitrogens with two attached hydrogens (primary N) is 2. The van der Waals surface area contributed by atoms with Crippen LogP contribution in [0.5, 0.6) is 0 Å². The molecule has 1 aromatic rings. The van der Waals surface area contributed by atoms with E-state index in [-0.39, 0.29) is 30.3 Å². The van der Waals surface area contributed by atoms with Crippen molar-refractivity contribution in [2.75, 3.05) is 10.6 Å². The third-order valence-corrected chi connectivity index (χ3v) is 3.24. The van der Waals surface area contributed by atoms with Crippen molar-refractivity contribution in [1.82, 2.24) is 0 Å². The molecule has 1 fully saturated rings. The lowest BCUT2D eigenvalue weighted by Gasteiger charge is -2.11. The zero-order chi connectivity index (χ0) is 13.8. The van der Waals surface area contributed by atoms with E-state index in [1.54, 1.807) is 24.3 Å². The average molecular weight is 299 g/mol. The fourth-order valence-electron chi connectivity index (χ4n) is 2.32.